The maximum Gasteiger partial charge on any atom is 0.276 e. The summed E-state index contributed by atoms with van der Waals surface area (Å²) in [6.45, 7) is 3.98. The molecule has 0 unspecified atom stereocenters. The Labute approximate surface area is 113 Å². The fourth-order valence-corrected chi connectivity index (χ4v) is 2.16. The first-order valence-electron chi connectivity index (χ1n) is 5.90. The van der Waals surface area contributed by atoms with Crippen LogP contribution >= 0.6 is 0 Å². The van der Waals surface area contributed by atoms with Crippen molar-refractivity contribution in [3.8, 4) is 0 Å². The summed E-state index contributed by atoms with van der Waals surface area (Å²) in [5.41, 5.74) is 7.04. The quantitative estimate of drug-likeness (QED) is 0.806. The number of rotatable bonds is 5. The molecule has 1 amide bonds. The van der Waals surface area contributed by atoms with Crippen LogP contribution in [0.1, 0.15) is 35.9 Å². The van der Waals surface area contributed by atoms with Crippen molar-refractivity contribution in [3.63, 3.8) is 0 Å². The molecule has 7 nitrogen and oxygen atoms in total. The van der Waals surface area contributed by atoms with Gasteiger partial charge in [-0.15, -0.1) is 0 Å². The first-order valence-corrected chi connectivity index (χ1v) is 7.96. The van der Waals surface area contributed by atoms with E-state index in [1.165, 1.54) is 11.9 Å². The van der Waals surface area contributed by atoms with E-state index in [-0.39, 0.29) is 29.8 Å². The largest absolute Gasteiger partial charge is 0.395 e. The fourth-order valence-electron chi connectivity index (χ4n) is 1.55. The number of nitrogens with two attached hydrogens (primary N) is 1. The lowest BCUT2D eigenvalue weighted by Gasteiger charge is -2.15. The Morgan fingerprint density at radius 3 is 2.47 bits per heavy atom. The van der Waals surface area contributed by atoms with Crippen molar-refractivity contribution in [2.24, 2.45) is 0 Å². The SMILES string of the molecule is CC(C)c1[nH]nc(C(=O)N(C)CCS(C)(=O)=O)c1N. The van der Waals surface area contributed by atoms with E-state index in [1.54, 1.807) is 0 Å². The topological polar surface area (TPSA) is 109 Å². The average molecular weight is 288 g/mol. The van der Waals surface area contributed by atoms with Gasteiger partial charge in [-0.25, -0.2) is 8.42 Å². The first-order chi connectivity index (χ1) is 8.63. The Balaban J connectivity index is 2.83. The molecule has 0 aliphatic heterocycles. The minimum atomic E-state index is -3.11. The summed E-state index contributed by atoms with van der Waals surface area (Å²) in [5, 5.41) is 6.65. The summed E-state index contributed by atoms with van der Waals surface area (Å²) in [6, 6.07) is 0. The molecule has 0 atom stereocenters. The van der Waals surface area contributed by atoms with Crippen molar-refractivity contribution < 1.29 is 13.2 Å². The number of aromatic amines is 1. The lowest BCUT2D eigenvalue weighted by molar-refractivity contribution is 0.0798. The van der Waals surface area contributed by atoms with Gasteiger partial charge in [0, 0.05) is 19.8 Å². The molecular formula is C11H20N4O3S. The van der Waals surface area contributed by atoms with Crippen LogP contribution in [-0.4, -0.2) is 55.0 Å². The highest BCUT2D eigenvalue weighted by Gasteiger charge is 2.22. The van der Waals surface area contributed by atoms with Crippen molar-refractivity contribution in [1.29, 1.82) is 0 Å². The second kappa shape index (κ2) is 5.60. The van der Waals surface area contributed by atoms with Crippen molar-refractivity contribution >= 4 is 21.4 Å². The predicted octanol–water partition coefficient (Wildman–Crippen LogP) is 0.232. The third-order valence-electron chi connectivity index (χ3n) is 2.76. The standard InChI is InChI=1S/C11H20N4O3S/c1-7(2)9-8(12)10(14-13-9)11(16)15(3)5-6-19(4,17)18/h7H,5-6,12H2,1-4H3,(H,13,14). The van der Waals surface area contributed by atoms with Crippen LogP contribution in [0.4, 0.5) is 5.69 Å². The summed E-state index contributed by atoms with van der Waals surface area (Å²) >= 11 is 0. The predicted molar refractivity (Wildman–Crippen MR) is 73.8 cm³/mol. The van der Waals surface area contributed by atoms with Crippen LogP contribution in [0.5, 0.6) is 0 Å². The van der Waals surface area contributed by atoms with Gasteiger partial charge in [-0.3, -0.25) is 9.89 Å². The van der Waals surface area contributed by atoms with Crippen LogP contribution in [-0.2, 0) is 9.84 Å². The van der Waals surface area contributed by atoms with Gasteiger partial charge < -0.3 is 10.6 Å². The minimum absolute atomic E-state index is 0.0867. The molecule has 108 valence electrons. The molecule has 0 saturated carbocycles. The van der Waals surface area contributed by atoms with Crippen LogP contribution in [0, 0.1) is 0 Å². The number of hydrogen-bond donors (Lipinski definition) is 2. The second-order valence-corrected chi connectivity index (χ2v) is 7.17. The molecule has 19 heavy (non-hydrogen) atoms. The number of amides is 1. The smallest absolute Gasteiger partial charge is 0.276 e. The molecule has 0 aromatic carbocycles. The van der Waals surface area contributed by atoms with Crippen LogP contribution in [0.2, 0.25) is 0 Å². The third-order valence-corrected chi connectivity index (χ3v) is 3.68. The summed E-state index contributed by atoms with van der Waals surface area (Å²) < 4.78 is 22.1. The van der Waals surface area contributed by atoms with Gasteiger partial charge >= 0.3 is 0 Å². The van der Waals surface area contributed by atoms with Crippen molar-refractivity contribution in [1.82, 2.24) is 15.1 Å². The van der Waals surface area contributed by atoms with Crippen LogP contribution in [0.3, 0.4) is 0 Å². The first kappa shape index (κ1) is 15.5. The third kappa shape index (κ3) is 3.95. The maximum absolute atomic E-state index is 12.1. The molecule has 8 heteroatoms. The zero-order valence-corrected chi connectivity index (χ0v) is 12.4. The van der Waals surface area contributed by atoms with E-state index < -0.39 is 9.84 Å². The minimum Gasteiger partial charge on any atom is -0.395 e. The molecule has 0 saturated heterocycles. The van der Waals surface area contributed by atoms with Crippen LogP contribution in [0.25, 0.3) is 0 Å². The number of hydrogen-bond acceptors (Lipinski definition) is 5. The Hall–Kier alpha value is -1.57. The molecule has 1 rings (SSSR count). The van der Waals surface area contributed by atoms with Crippen LogP contribution in [0.15, 0.2) is 0 Å². The lowest BCUT2D eigenvalue weighted by atomic mass is 10.1. The average Bonchev–Trinajstić information content (AvgIpc) is 2.66. The monoisotopic (exact) mass is 288 g/mol. The zero-order chi connectivity index (χ0) is 14.8. The van der Waals surface area contributed by atoms with E-state index in [0.717, 1.165) is 6.26 Å². The highest BCUT2D eigenvalue weighted by atomic mass is 32.2. The van der Waals surface area contributed by atoms with Crippen molar-refractivity contribution in [2.45, 2.75) is 19.8 Å². The maximum atomic E-state index is 12.1. The van der Waals surface area contributed by atoms with Gasteiger partial charge in [-0.05, 0) is 5.92 Å². The van der Waals surface area contributed by atoms with E-state index >= 15 is 0 Å². The highest BCUT2D eigenvalue weighted by molar-refractivity contribution is 7.90. The Morgan fingerprint density at radius 1 is 1.47 bits per heavy atom. The number of nitrogens with one attached hydrogen (secondary N) is 1. The summed E-state index contributed by atoms with van der Waals surface area (Å²) in [6.07, 6.45) is 1.13. The van der Waals surface area contributed by atoms with E-state index in [0.29, 0.717) is 11.4 Å². The van der Waals surface area contributed by atoms with Gasteiger partial charge in [0.15, 0.2) is 5.69 Å². The number of nitrogens with zero attached hydrogens (tertiary/aromatic N) is 2. The fraction of sp³-hybridized carbons (Fsp3) is 0.636. The molecule has 0 radical (unpaired) electrons. The van der Waals surface area contributed by atoms with Crippen molar-refractivity contribution in [3.05, 3.63) is 11.4 Å². The molecular weight excluding hydrogens is 268 g/mol. The van der Waals surface area contributed by atoms with E-state index in [4.69, 9.17) is 5.73 Å². The second-order valence-electron chi connectivity index (χ2n) is 4.91. The van der Waals surface area contributed by atoms with Crippen molar-refractivity contribution in [2.75, 3.05) is 31.3 Å². The molecule has 0 spiro atoms. The normalized spacial score (nSPS) is 11.8. The van der Waals surface area contributed by atoms with Gasteiger partial charge in [0.2, 0.25) is 0 Å². The summed E-state index contributed by atoms with van der Waals surface area (Å²) in [5.74, 6) is -0.337. The molecule has 1 heterocycles. The number of carbonyl (C=O) groups excluding carboxylic acids is 1. The van der Waals surface area contributed by atoms with Gasteiger partial charge in [-0.1, -0.05) is 13.8 Å². The number of carbonyl (C=O) groups is 1. The van der Waals surface area contributed by atoms with E-state index in [1.807, 2.05) is 13.8 Å². The molecule has 1 aromatic heterocycles. The summed E-state index contributed by atoms with van der Waals surface area (Å²) in [7, 11) is -1.58. The van der Waals surface area contributed by atoms with E-state index in [2.05, 4.69) is 10.2 Å². The van der Waals surface area contributed by atoms with Crippen LogP contribution < -0.4 is 5.73 Å². The van der Waals surface area contributed by atoms with Gasteiger partial charge in [0.1, 0.15) is 9.84 Å². The Kier molecular flexibility index (Phi) is 4.56. The molecule has 3 N–H and O–H groups in total. The zero-order valence-electron chi connectivity index (χ0n) is 11.6. The van der Waals surface area contributed by atoms with Gasteiger partial charge in [-0.2, -0.15) is 5.10 Å². The molecule has 0 aliphatic rings. The Bertz CT molecular complexity index is 562. The molecule has 0 fully saturated rings. The number of anilines is 1. The summed E-state index contributed by atoms with van der Waals surface area (Å²) in [4.78, 5) is 13.4. The van der Waals surface area contributed by atoms with E-state index in [9.17, 15) is 13.2 Å². The molecule has 0 aliphatic carbocycles. The molecule has 0 bridgehead atoms. The molecule has 1 aromatic rings. The lowest BCUT2D eigenvalue weighted by Crippen LogP contribution is -2.32. The number of sulfone groups is 1. The van der Waals surface area contributed by atoms with Gasteiger partial charge in [0.05, 0.1) is 17.1 Å². The van der Waals surface area contributed by atoms with Gasteiger partial charge in [0.25, 0.3) is 5.91 Å². The number of H-pyrrole nitrogens is 1. The number of nitrogen functional groups attached to an aromatic ring is 1. The number of aromatic nitrogens is 2. The highest BCUT2D eigenvalue weighted by Crippen LogP contribution is 2.22. The Morgan fingerprint density at radius 2 is 2.05 bits per heavy atom.